The van der Waals surface area contributed by atoms with E-state index in [-0.39, 0.29) is 5.91 Å². The Labute approximate surface area is 167 Å². The van der Waals surface area contributed by atoms with Crippen LogP contribution in [0.25, 0.3) is 0 Å². The number of primary amides is 1. The van der Waals surface area contributed by atoms with Crippen molar-refractivity contribution in [2.24, 2.45) is 5.73 Å². The summed E-state index contributed by atoms with van der Waals surface area (Å²) in [4.78, 5) is 10.8. The number of para-hydroxylation sites is 1. The third-order valence-electron chi connectivity index (χ3n) is 4.31. The Balaban J connectivity index is 1.59. The molecule has 0 saturated heterocycles. The zero-order valence-corrected chi connectivity index (χ0v) is 16.6. The molecule has 0 aliphatic carbocycles. The molecule has 0 atom stereocenters. The van der Waals surface area contributed by atoms with E-state index in [9.17, 15) is 4.79 Å². The fourth-order valence-corrected chi connectivity index (χ4v) is 2.76. The first-order valence-electron chi connectivity index (χ1n) is 9.72. The molecule has 2 aromatic carbocycles. The number of carbonyl (C=O) groups excluding carboxylic acids is 1. The first-order valence-corrected chi connectivity index (χ1v) is 9.72. The van der Waals surface area contributed by atoms with Crippen LogP contribution in [0.3, 0.4) is 0 Å². The highest BCUT2D eigenvalue weighted by Crippen LogP contribution is 2.18. The summed E-state index contributed by atoms with van der Waals surface area (Å²) in [6.45, 7) is 3.97. The molecule has 0 saturated carbocycles. The molecule has 0 aromatic heterocycles. The van der Waals surface area contributed by atoms with Crippen LogP contribution in [0.4, 0.5) is 0 Å². The van der Waals surface area contributed by atoms with Gasteiger partial charge in [0.05, 0.1) is 13.7 Å². The molecule has 0 aliphatic heterocycles. The highest BCUT2D eigenvalue weighted by atomic mass is 16.5. The van der Waals surface area contributed by atoms with Gasteiger partial charge in [0.15, 0.2) is 0 Å². The van der Waals surface area contributed by atoms with Crippen LogP contribution in [-0.4, -0.2) is 32.7 Å². The van der Waals surface area contributed by atoms with E-state index >= 15 is 0 Å². The Bertz CT molecular complexity index is 704. The van der Waals surface area contributed by atoms with Crippen LogP contribution in [0.1, 0.15) is 30.4 Å². The summed E-state index contributed by atoms with van der Waals surface area (Å²) in [5, 5.41) is 6.90. The lowest BCUT2D eigenvalue weighted by molar-refractivity contribution is -0.118. The van der Waals surface area contributed by atoms with Gasteiger partial charge in [-0.25, -0.2) is 0 Å². The normalized spacial score (nSPS) is 10.6. The molecule has 0 bridgehead atoms. The number of amides is 1. The van der Waals surface area contributed by atoms with Crippen molar-refractivity contribution in [1.82, 2.24) is 10.6 Å². The molecule has 28 heavy (non-hydrogen) atoms. The van der Waals surface area contributed by atoms with Crippen LogP contribution < -0.4 is 25.8 Å². The van der Waals surface area contributed by atoms with Gasteiger partial charge in [-0.05, 0) is 49.7 Å². The van der Waals surface area contributed by atoms with Crippen molar-refractivity contribution < 1.29 is 14.3 Å². The van der Waals surface area contributed by atoms with Gasteiger partial charge in [0.25, 0.3) is 0 Å². The summed E-state index contributed by atoms with van der Waals surface area (Å²) < 4.78 is 10.9. The molecule has 2 aromatic rings. The lowest BCUT2D eigenvalue weighted by Gasteiger charge is -2.12. The van der Waals surface area contributed by atoms with Gasteiger partial charge < -0.3 is 25.8 Å². The summed E-state index contributed by atoms with van der Waals surface area (Å²) >= 11 is 0. The number of methoxy groups -OCH3 is 1. The second kappa shape index (κ2) is 12.8. The summed E-state index contributed by atoms with van der Waals surface area (Å²) in [5.74, 6) is 1.45. The van der Waals surface area contributed by atoms with Crippen LogP contribution >= 0.6 is 0 Å². The summed E-state index contributed by atoms with van der Waals surface area (Å²) in [5.41, 5.74) is 7.51. The molecular formula is C22H31N3O3. The van der Waals surface area contributed by atoms with Crippen molar-refractivity contribution >= 4 is 5.91 Å². The molecular weight excluding hydrogens is 354 g/mol. The standard InChI is InChI=1S/C22H31N3O3/c1-27-20-11-9-18(10-12-20)16-24-13-5-14-25-17-19-6-2-3-7-21(19)28-15-4-8-22(23)26/h2-3,6-7,9-12,24-25H,4-5,8,13-17H2,1H3,(H2,23,26). The molecule has 0 unspecified atom stereocenters. The van der Waals surface area contributed by atoms with Gasteiger partial charge in [-0.15, -0.1) is 0 Å². The average Bonchev–Trinajstić information content (AvgIpc) is 2.71. The molecule has 1 amide bonds. The molecule has 0 spiro atoms. The molecule has 0 aliphatic rings. The fraction of sp³-hybridized carbons (Fsp3) is 0.409. The molecule has 0 fully saturated rings. The third-order valence-corrected chi connectivity index (χ3v) is 4.31. The average molecular weight is 386 g/mol. The number of carbonyl (C=O) groups is 1. The largest absolute Gasteiger partial charge is 0.497 e. The zero-order chi connectivity index (χ0) is 20.0. The van der Waals surface area contributed by atoms with Gasteiger partial charge in [-0.2, -0.15) is 0 Å². The Morgan fingerprint density at radius 3 is 2.39 bits per heavy atom. The second-order valence-corrected chi connectivity index (χ2v) is 6.58. The molecule has 6 heteroatoms. The molecule has 0 radical (unpaired) electrons. The van der Waals surface area contributed by atoms with Crippen molar-refractivity contribution in [2.45, 2.75) is 32.4 Å². The maximum atomic E-state index is 10.8. The van der Waals surface area contributed by atoms with E-state index in [2.05, 4.69) is 28.8 Å². The number of nitrogens with two attached hydrogens (primary N) is 1. The maximum absolute atomic E-state index is 10.8. The number of ether oxygens (including phenoxy) is 2. The van der Waals surface area contributed by atoms with Crippen LogP contribution in [-0.2, 0) is 17.9 Å². The summed E-state index contributed by atoms with van der Waals surface area (Å²) in [6, 6.07) is 16.1. The SMILES string of the molecule is COc1ccc(CNCCCNCc2ccccc2OCCCC(N)=O)cc1. The van der Waals surface area contributed by atoms with Gasteiger partial charge in [0, 0.05) is 25.1 Å². The number of hydrogen-bond donors (Lipinski definition) is 3. The maximum Gasteiger partial charge on any atom is 0.217 e. The van der Waals surface area contributed by atoms with E-state index in [4.69, 9.17) is 15.2 Å². The predicted octanol–water partition coefficient (Wildman–Crippen LogP) is 2.61. The third kappa shape index (κ3) is 8.41. The molecule has 4 N–H and O–H groups in total. The number of nitrogens with one attached hydrogen (secondary N) is 2. The minimum absolute atomic E-state index is 0.292. The summed E-state index contributed by atoms with van der Waals surface area (Å²) in [6.07, 6.45) is 2.03. The van der Waals surface area contributed by atoms with Crippen molar-refractivity contribution in [3.8, 4) is 11.5 Å². The number of benzene rings is 2. The van der Waals surface area contributed by atoms with Crippen molar-refractivity contribution in [3.63, 3.8) is 0 Å². The van der Waals surface area contributed by atoms with Crippen LogP contribution in [0, 0.1) is 0 Å². The topological polar surface area (TPSA) is 85.6 Å². The minimum atomic E-state index is -0.292. The van der Waals surface area contributed by atoms with E-state index in [0.29, 0.717) is 19.4 Å². The van der Waals surface area contributed by atoms with Gasteiger partial charge in [0.1, 0.15) is 11.5 Å². The van der Waals surface area contributed by atoms with Gasteiger partial charge in [-0.1, -0.05) is 30.3 Å². The lowest BCUT2D eigenvalue weighted by atomic mass is 10.2. The van der Waals surface area contributed by atoms with Gasteiger partial charge in [0.2, 0.25) is 5.91 Å². The van der Waals surface area contributed by atoms with E-state index in [0.717, 1.165) is 49.7 Å². The summed E-state index contributed by atoms with van der Waals surface area (Å²) in [7, 11) is 1.68. The van der Waals surface area contributed by atoms with E-state index in [1.165, 1.54) is 5.56 Å². The zero-order valence-electron chi connectivity index (χ0n) is 16.6. The van der Waals surface area contributed by atoms with E-state index in [1.54, 1.807) is 7.11 Å². The van der Waals surface area contributed by atoms with Crippen molar-refractivity contribution in [2.75, 3.05) is 26.8 Å². The lowest BCUT2D eigenvalue weighted by Crippen LogP contribution is -2.21. The quantitative estimate of drug-likeness (QED) is 0.435. The predicted molar refractivity (Wildman–Crippen MR) is 111 cm³/mol. The van der Waals surface area contributed by atoms with Gasteiger partial charge >= 0.3 is 0 Å². The Kier molecular flexibility index (Phi) is 9.89. The van der Waals surface area contributed by atoms with Crippen molar-refractivity contribution in [1.29, 1.82) is 0 Å². The molecule has 2 rings (SSSR count). The smallest absolute Gasteiger partial charge is 0.217 e. The van der Waals surface area contributed by atoms with Crippen LogP contribution in [0.15, 0.2) is 48.5 Å². The van der Waals surface area contributed by atoms with Crippen molar-refractivity contribution in [3.05, 3.63) is 59.7 Å². The Morgan fingerprint density at radius 2 is 1.68 bits per heavy atom. The number of rotatable bonds is 14. The fourth-order valence-electron chi connectivity index (χ4n) is 2.76. The van der Waals surface area contributed by atoms with Gasteiger partial charge in [-0.3, -0.25) is 4.79 Å². The Hall–Kier alpha value is -2.57. The monoisotopic (exact) mass is 385 g/mol. The second-order valence-electron chi connectivity index (χ2n) is 6.58. The molecule has 0 heterocycles. The van der Waals surface area contributed by atoms with E-state index in [1.807, 2.05) is 30.3 Å². The highest BCUT2D eigenvalue weighted by molar-refractivity contribution is 5.73. The van der Waals surface area contributed by atoms with Crippen LogP contribution in [0.2, 0.25) is 0 Å². The highest BCUT2D eigenvalue weighted by Gasteiger charge is 2.03. The molecule has 6 nitrogen and oxygen atoms in total. The first kappa shape index (κ1) is 21.7. The minimum Gasteiger partial charge on any atom is -0.497 e. The first-order chi connectivity index (χ1) is 13.7. The number of hydrogen-bond acceptors (Lipinski definition) is 5. The Morgan fingerprint density at radius 1 is 0.964 bits per heavy atom. The van der Waals surface area contributed by atoms with Crippen LogP contribution in [0.5, 0.6) is 11.5 Å². The van der Waals surface area contributed by atoms with E-state index < -0.39 is 0 Å². The molecule has 152 valence electrons.